The predicted octanol–water partition coefficient (Wildman–Crippen LogP) is 0.923. The second kappa shape index (κ2) is 3.11. The van der Waals surface area contributed by atoms with Crippen LogP contribution in [0.2, 0.25) is 0 Å². The summed E-state index contributed by atoms with van der Waals surface area (Å²) in [5.41, 5.74) is 6.21. The van der Waals surface area contributed by atoms with Gasteiger partial charge in [0.25, 0.3) is 0 Å². The fourth-order valence-electron chi connectivity index (χ4n) is 2.31. The van der Waals surface area contributed by atoms with E-state index in [9.17, 15) is 0 Å². The molecule has 0 aromatic rings. The van der Waals surface area contributed by atoms with Gasteiger partial charge in [-0.15, -0.1) is 0 Å². The first-order valence-electron chi connectivity index (χ1n) is 4.47. The van der Waals surface area contributed by atoms with Crippen molar-refractivity contribution in [2.45, 2.75) is 20.3 Å². The molecule has 0 atom stereocenters. The van der Waals surface area contributed by atoms with E-state index in [2.05, 4.69) is 25.8 Å². The summed E-state index contributed by atoms with van der Waals surface area (Å²) < 4.78 is 0. The number of rotatable bonds is 3. The molecule has 0 aromatic heterocycles. The Hall–Kier alpha value is -0.0800. The van der Waals surface area contributed by atoms with E-state index in [-0.39, 0.29) is 0 Å². The van der Waals surface area contributed by atoms with Gasteiger partial charge in [-0.05, 0) is 19.4 Å². The molecule has 1 aliphatic rings. The molecule has 1 aliphatic heterocycles. The molecule has 2 nitrogen and oxygen atoms in total. The van der Waals surface area contributed by atoms with Crippen molar-refractivity contribution in [3.05, 3.63) is 0 Å². The van der Waals surface area contributed by atoms with E-state index in [1.165, 1.54) is 19.5 Å². The Kier molecular flexibility index (Phi) is 2.55. The van der Waals surface area contributed by atoms with Crippen molar-refractivity contribution in [3.63, 3.8) is 0 Å². The highest BCUT2D eigenvalue weighted by atomic mass is 15.2. The molecule has 0 spiro atoms. The first kappa shape index (κ1) is 9.01. The minimum Gasteiger partial charge on any atom is -0.330 e. The number of nitrogens with two attached hydrogens (primary N) is 1. The lowest BCUT2D eigenvalue weighted by molar-refractivity contribution is 0.0122. The zero-order valence-corrected chi connectivity index (χ0v) is 7.93. The van der Waals surface area contributed by atoms with Crippen LogP contribution in [0, 0.1) is 11.3 Å². The van der Waals surface area contributed by atoms with Gasteiger partial charge in [0.05, 0.1) is 0 Å². The van der Waals surface area contributed by atoms with E-state index in [0.717, 1.165) is 12.5 Å². The van der Waals surface area contributed by atoms with Crippen molar-refractivity contribution in [1.29, 1.82) is 0 Å². The molecule has 0 saturated carbocycles. The summed E-state index contributed by atoms with van der Waals surface area (Å²) in [5, 5.41) is 0. The summed E-state index contributed by atoms with van der Waals surface area (Å²) >= 11 is 0. The van der Waals surface area contributed by atoms with E-state index < -0.39 is 0 Å². The molecular formula is C9H20N2. The first-order chi connectivity index (χ1) is 5.08. The lowest BCUT2D eigenvalue weighted by Crippen LogP contribution is -2.58. The second-order valence-corrected chi connectivity index (χ2v) is 4.47. The summed E-state index contributed by atoms with van der Waals surface area (Å²) in [6.45, 7) is 7.80. The molecule has 0 radical (unpaired) electrons. The summed E-state index contributed by atoms with van der Waals surface area (Å²) in [5.74, 6) is 0.784. The van der Waals surface area contributed by atoms with Gasteiger partial charge in [-0.1, -0.05) is 13.8 Å². The second-order valence-electron chi connectivity index (χ2n) is 4.47. The fraction of sp³-hybridized carbons (Fsp3) is 1.00. The molecule has 2 heteroatoms. The molecule has 1 rings (SSSR count). The molecule has 0 amide bonds. The van der Waals surface area contributed by atoms with Crippen LogP contribution >= 0.6 is 0 Å². The minimum atomic E-state index is 0.461. The number of hydrogen-bond acceptors (Lipinski definition) is 2. The van der Waals surface area contributed by atoms with Crippen LogP contribution in [0.3, 0.4) is 0 Å². The third-order valence-corrected chi connectivity index (χ3v) is 2.48. The quantitative estimate of drug-likeness (QED) is 0.658. The molecule has 11 heavy (non-hydrogen) atoms. The third kappa shape index (κ3) is 1.94. The highest BCUT2D eigenvalue weighted by Crippen LogP contribution is 2.34. The molecule has 1 saturated heterocycles. The SMILES string of the molecule is CC(C)CC1(CN)CN(C)C1. The van der Waals surface area contributed by atoms with Crippen molar-refractivity contribution in [1.82, 2.24) is 4.90 Å². The van der Waals surface area contributed by atoms with E-state index >= 15 is 0 Å². The van der Waals surface area contributed by atoms with Crippen LogP contribution < -0.4 is 5.73 Å². The summed E-state index contributed by atoms with van der Waals surface area (Å²) in [4.78, 5) is 2.34. The number of nitrogens with zero attached hydrogens (tertiary/aromatic N) is 1. The Morgan fingerprint density at radius 2 is 2.00 bits per heavy atom. The van der Waals surface area contributed by atoms with Gasteiger partial charge >= 0.3 is 0 Å². The van der Waals surface area contributed by atoms with Gasteiger partial charge in [0, 0.05) is 25.0 Å². The van der Waals surface area contributed by atoms with Crippen LogP contribution in [0.25, 0.3) is 0 Å². The lowest BCUT2D eigenvalue weighted by Gasteiger charge is -2.49. The Morgan fingerprint density at radius 1 is 1.45 bits per heavy atom. The molecule has 0 bridgehead atoms. The van der Waals surface area contributed by atoms with E-state index in [1.54, 1.807) is 0 Å². The van der Waals surface area contributed by atoms with E-state index in [0.29, 0.717) is 5.41 Å². The van der Waals surface area contributed by atoms with Crippen molar-refractivity contribution < 1.29 is 0 Å². The number of likely N-dealkylation sites (tertiary alicyclic amines) is 1. The highest BCUT2D eigenvalue weighted by molar-refractivity contribution is 4.94. The molecule has 0 unspecified atom stereocenters. The molecule has 1 fully saturated rings. The molecule has 0 aliphatic carbocycles. The Balaban J connectivity index is 2.38. The summed E-state index contributed by atoms with van der Waals surface area (Å²) in [7, 11) is 2.16. The highest BCUT2D eigenvalue weighted by Gasteiger charge is 2.39. The average molecular weight is 156 g/mol. The zero-order chi connectivity index (χ0) is 8.48. The van der Waals surface area contributed by atoms with Gasteiger partial charge in [0.1, 0.15) is 0 Å². The maximum Gasteiger partial charge on any atom is 0.00822 e. The zero-order valence-electron chi connectivity index (χ0n) is 7.93. The van der Waals surface area contributed by atoms with Crippen LogP contribution in [0.1, 0.15) is 20.3 Å². The normalized spacial score (nSPS) is 23.7. The van der Waals surface area contributed by atoms with Gasteiger partial charge in [-0.3, -0.25) is 0 Å². The van der Waals surface area contributed by atoms with Crippen LogP contribution in [0.5, 0.6) is 0 Å². The molecule has 1 heterocycles. The van der Waals surface area contributed by atoms with Gasteiger partial charge in [-0.2, -0.15) is 0 Å². The predicted molar refractivity (Wildman–Crippen MR) is 48.4 cm³/mol. The standard InChI is InChI=1S/C9H20N2/c1-8(2)4-9(5-10)6-11(3)7-9/h8H,4-7,10H2,1-3H3. The Morgan fingerprint density at radius 3 is 2.27 bits per heavy atom. The van der Waals surface area contributed by atoms with Crippen molar-refractivity contribution >= 4 is 0 Å². The topological polar surface area (TPSA) is 29.3 Å². The minimum absolute atomic E-state index is 0.461. The molecular weight excluding hydrogens is 136 g/mol. The van der Waals surface area contributed by atoms with Gasteiger partial charge in [-0.25, -0.2) is 0 Å². The Labute approximate surface area is 69.8 Å². The Bertz CT molecular complexity index is 126. The number of hydrogen-bond donors (Lipinski definition) is 1. The van der Waals surface area contributed by atoms with E-state index in [1.807, 2.05) is 0 Å². The summed E-state index contributed by atoms with van der Waals surface area (Å²) in [6, 6.07) is 0. The summed E-state index contributed by atoms with van der Waals surface area (Å²) in [6.07, 6.45) is 1.29. The van der Waals surface area contributed by atoms with Crippen LogP contribution in [0.15, 0.2) is 0 Å². The largest absolute Gasteiger partial charge is 0.330 e. The van der Waals surface area contributed by atoms with Crippen LogP contribution in [0.4, 0.5) is 0 Å². The fourth-order valence-corrected chi connectivity index (χ4v) is 2.31. The molecule has 66 valence electrons. The van der Waals surface area contributed by atoms with Crippen molar-refractivity contribution in [2.75, 3.05) is 26.7 Å². The smallest absolute Gasteiger partial charge is 0.00822 e. The molecule has 0 aromatic carbocycles. The molecule has 2 N–H and O–H groups in total. The van der Waals surface area contributed by atoms with Crippen molar-refractivity contribution in [2.24, 2.45) is 17.1 Å². The monoisotopic (exact) mass is 156 g/mol. The first-order valence-corrected chi connectivity index (χ1v) is 4.47. The van der Waals surface area contributed by atoms with Crippen molar-refractivity contribution in [3.8, 4) is 0 Å². The van der Waals surface area contributed by atoms with Gasteiger partial charge in [0.2, 0.25) is 0 Å². The van der Waals surface area contributed by atoms with Crippen LogP contribution in [-0.4, -0.2) is 31.6 Å². The van der Waals surface area contributed by atoms with Crippen LogP contribution in [-0.2, 0) is 0 Å². The van der Waals surface area contributed by atoms with E-state index in [4.69, 9.17) is 5.73 Å². The van der Waals surface area contributed by atoms with Gasteiger partial charge < -0.3 is 10.6 Å². The maximum absolute atomic E-state index is 5.75. The average Bonchev–Trinajstić information content (AvgIpc) is 1.82. The maximum atomic E-state index is 5.75. The third-order valence-electron chi connectivity index (χ3n) is 2.48. The lowest BCUT2D eigenvalue weighted by atomic mass is 9.74. The van der Waals surface area contributed by atoms with Gasteiger partial charge in [0.15, 0.2) is 0 Å².